The number of nitrogens with zero attached hydrogens (tertiary/aromatic N) is 1. The van der Waals surface area contributed by atoms with Gasteiger partial charge in [-0.15, -0.1) is 0 Å². The summed E-state index contributed by atoms with van der Waals surface area (Å²) >= 11 is 0. The number of rotatable bonds is 3. The van der Waals surface area contributed by atoms with Gasteiger partial charge in [0.05, 0.1) is 4.92 Å². The number of nitro groups is 1. The molecular formula is C8H5ClF2N2O5S. The van der Waals surface area contributed by atoms with Crippen molar-refractivity contribution in [3.8, 4) is 0 Å². The van der Waals surface area contributed by atoms with E-state index in [0.29, 0.717) is 0 Å². The molecule has 7 nitrogen and oxygen atoms in total. The van der Waals surface area contributed by atoms with E-state index in [1.165, 1.54) is 0 Å². The number of carbonyl (C=O) groups excluding carboxylic acids is 1. The number of halogens is 3. The number of hydrogen-bond donors (Lipinski definition) is 1. The molecule has 1 N–H and O–H groups in total. The average Bonchev–Trinajstić information content (AvgIpc) is 2.26. The second kappa shape index (κ2) is 5.05. The van der Waals surface area contributed by atoms with Crippen LogP contribution in [0.5, 0.6) is 0 Å². The number of amides is 1. The highest BCUT2D eigenvalue weighted by Crippen LogP contribution is 2.30. The molecule has 1 aromatic rings. The molecule has 0 fully saturated rings. The maximum atomic E-state index is 13.7. The monoisotopic (exact) mass is 314 g/mol. The van der Waals surface area contributed by atoms with Crippen LogP contribution in [-0.2, 0) is 9.05 Å². The number of nitrogens with one attached hydrogen (secondary N) is 1. The molecular weight excluding hydrogens is 310 g/mol. The van der Waals surface area contributed by atoms with Gasteiger partial charge in [0.15, 0.2) is 5.82 Å². The van der Waals surface area contributed by atoms with Gasteiger partial charge >= 0.3 is 5.69 Å². The lowest BCUT2D eigenvalue weighted by Crippen LogP contribution is -2.22. The van der Waals surface area contributed by atoms with E-state index in [-0.39, 0.29) is 6.07 Å². The van der Waals surface area contributed by atoms with Crippen molar-refractivity contribution in [2.75, 3.05) is 7.05 Å². The third-order valence-corrected chi connectivity index (χ3v) is 3.38. The number of hydrogen-bond acceptors (Lipinski definition) is 5. The van der Waals surface area contributed by atoms with Crippen molar-refractivity contribution < 1.29 is 26.9 Å². The minimum atomic E-state index is -4.72. The van der Waals surface area contributed by atoms with Gasteiger partial charge in [0.2, 0.25) is 5.82 Å². The van der Waals surface area contributed by atoms with Gasteiger partial charge in [-0.2, -0.15) is 4.39 Å². The first kappa shape index (κ1) is 15.2. The summed E-state index contributed by atoms with van der Waals surface area (Å²) < 4.78 is 49.4. The van der Waals surface area contributed by atoms with Crippen LogP contribution in [0.3, 0.4) is 0 Å². The lowest BCUT2D eigenvalue weighted by Gasteiger charge is -2.07. The Balaban J connectivity index is 3.87. The third kappa shape index (κ3) is 2.79. The summed E-state index contributed by atoms with van der Waals surface area (Å²) in [5, 5.41) is 12.4. The molecule has 0 heterocycles. The fourth-order valence-electron chi connectivity index (χ4n) is 1.23. The van der Waals surface area contributed by atoms with Crippen molar-refractivity contribution in [3.05, 3.63) is 33.4 Å². The number of carbonyl (C=O) groups is 1. The van der Waals surface area contributed by atoms with E-state index in [2.05, 4.69) is 0 Å². The Morgan fingerprint density at radius 3 is 2.32 bits per heavy atom. The van der Waals surface area contributed by atoms with E-state index in [0.717, 1.165) is 7.05 Å². The minimum absolute atomic E-state index is 0.111. The number of nitro benzene ring substituents is 1. The number of benzene rings is 1. The Labute approximate surface area is 109 Å². The van der Waals surface area contributed by atoms with Crippen LogP contribution in [-0.4, -0.2) is 26.3 Å². The second-order valence-corrected chi connectivity index (χ2v) is 5.71. The lowest BCUT2D eigenvalue weighted by atomic mass is 10.1. The Morgan fingerprint density at radius 1 is 1.42 bits per heavy atom. The molecule has 104 valence electrons. The Kier molecular flexibility index (Phi) is 4.06. The summed E-state index contributed by atoms with van der Waals surface area (Å²) in [6.45, 7) is 0. The maximum Gasteiger partial charge on any atom is 0.307 e. The van der Waals surface area contributed by atoms with Crippen molar-refractivity contribution in [1.82, 2.24) is 5.32 Å². The van der Waals surface area contributed by atoms with Crippen LogP contribution in [0, 0.1) is 21.7 Å². The molecule has 0 radical (unpaired) electrons. The summed E-state index contributed by atoms with van der Waals surface area (Å²) in [5.41, 5.74) is -2.77. The second-order valence-electron chi connectivity index (χ2n) is 3.17. The molecule has 0 unspecified atom stereocenters. The Hall–Kier alpha value is -1.81. The van der Waals surface area contributed by atoms with Crippen molar-refractivity contribution in [3.63, 3.8) is 0 Å². The molecule has 1 amide bonds. The topological polar surface area (TPSA) is 106 Å². The molecule has 0 aliphatic rings. The SMILES string of the molecule is CNC(=O)c1c(F)c([N+](=O)[O-])cc(S(=O)(=O)Cl)c1F. The Bertz CT molecular complexity index is 676. The van der Waals surface area contributed by atoms with Gasteiger partial charge < -0.3 is 5.32 Å². The molecule has 0 atom stereocenters. The van der Waals surface area contributed by atoms with Crippen LogP contribution in [0.25, 0.3) is 0 Å². The van der Waals surface area contributed by atoms with Gasteiger partial charge in [-0.3, -0.25) is 14.9 Å². The predicted octanol–water partition coefficient (Wildman–Crippen LogP) is 1.16. The summed E-state index contributed by atoms with van der Waals surface area (Å²) in [4.78, 5) is 19.2. The van der Waals surface area contributed by atoms with Crippen molar-refractivity contribution in [2.45, 2.75) is 4.90 Å². The van der Waals surface area contributed by atoms with E-state index < -0.39 is 47.7 Å². The van der Waals surface area contributed by atoms with Crippen molar-refractivity contribution >= 4 is 31.3 Å². The van der Waals surface area contributed by atoms with E-state index in [4.69, 9.17) is 10.7 Å². The molecule has 0 aromatic heterocycles. The standard InChI is InChI=1S/C8H5ClF2N2O5S/c1-12-8(14)5-6(10)3(13(15)16)2-4(7(5)11)19(9,17)18/h2H,1H3,(H,12,14). The molecule has 0 spiro atoms. The molecule has 0 aliphatic heterocycles. The normalized spacial score (nSPS) is 11.2. The molecule has 1 rings (SSSR count). The first-order chi connectivity index (χ1) is 8.61. The molecule has 11 heteroatoms. The summed E-state index contributed by atoms with van der Waals surface area (Å²) in [5.74, 6) is -4.94. The van der Waals surface area contributed by atoms with Crippen LogP contribution in [0.15, 0.2) is 11.0 Å². The fourth-order valence-corrected chi connectivity index (χ4v) is 2.14. The van der Waals surface area contributed by atoms with Gasteiger partial charge in [0.1, 0.15) is 10.5 Å². The van der Waals surface area contributed by atoms with Gasteiger partial charge in [-0.1, -0.05) is 0 Å². The molecule has 19 heavy (non-hydrogen) atoms. The smallest absolute Gasteiger partial charge is 0.307 e. The molecule has 0 aliphatic carbocycles. The average molecular weight is 315 g/mol. The minimum Gasteiger partial charge on any atom is -0.355 e. The zero-order valence-electron chi connectivity index (χ0n) is 9.11. The van der Waals surface area contributed by atoms with Gasteiger partial charge in [-0.25, -0.2) is 12.8 Å². The van der Waals surface area contributed by atoms with Crippen molar-refractivity contribution in [1.29, 1.82) is 0 Å². The molecule has 0 bridgehead atoms. The van der Waals surface area contributed by atoms with E-state index in [1.54, 1.807) is 0 Å². The lowest BCUT2D eigenvalue weighted by molar-refractivity contribution is -0.387. The quantitative estimate of drug-likeness (QED) is 0.512. The summed E-state index contributed by atoms with van der Waals surface area (Å²) in [7, 11) is 1.15. The van der Waals surface area contributed by atoms with Crippen molar-refractivity contribution in [2.24, 2.45) is 0 Å². The largest absolute Gasteiger partial charge is 0.355 e. The van der Waals surface area contributed by atoms with Crippen LogP contribution < -0.4 is 5.32 Å². The van der Waals surface area contributed by atoms with E-state index >= 15 is 0 Å². The van der Waals surface area contributed by atoms with Crippen LogP contribution in [0.1, 0.15) is 10.4 Å². The van der Waals surface area contributed by atoms with E-state index in [1.807, 2.05) is 5.32 Å². The highest BCUT2D eigenvalue weighted by atomic mass is 35.7. The molecule has 0 saturated heterocycles. The first-order valence-corrected chi connectivity index (χ1v) is 6.75. The highest BCUT2D eigenvalue weighted by Gasteiger charge is 2.32. The zero-order valence-corrected chi connectivity index (χ0v) is 10.7. The molecule has 1 aromatic carbocycles. The van der Waals surface area contributed by atoms with Gasteiger partial charge in [0.25, 0.3) is 15.0 Å². The zero-order chi connectivity index (χ0) is 15.0. The molecule has 0 saturated carbocycles. The van der Waals surface area contributed by atoms with Crippen LogP contribution in [0.4, 0.5) is 14.5 Å². The summed E-state index contributed by atoms with van der Waals surface area (Å²) in [6.07, 6.45) is 0. The Morgan fingerprint density at radius 2 is 1.95 bits per heavy atom. The predicted molar refractivity (Wildman–Crippen MR) is 59.4 cm³/mol. The van der Waals surface area contributed by atoms with Gasteiger partial charge in [-0.05, 0) is 0 Å². The maximum absolute atomic E-state index is 13.7. The first-order valence-electron chi connectivity index (χ1n) is 4.44. The summed E-state index contributed by atoms with van der Waals surface area (Å²) in [6, 6.07) is 0.111. The fraction of sp³-hybridized carbons (Fsp3) is 0.125. The van der Waals surface area contributed by atoms with E-state index in [9.17, 15) is 32.1 Å². The van der Waals surface area contributed by atoms with Gasteiger partial charge in [0, 0.05) is 23.8 Å². The van der Waals surface area contributed by atoms with Crippen LogP contribution >= 0.6 is 10.7 Å². The van der Waals surface area contributed by atoms with Crippen LogP contribution in [0.2, 0.25) is 0 Å². The third-order valence-electron chi connectivity index (χ3n) is 2.06. The highest BCUT2D eigenvalue weighted by molar-refractivity contribution is 8.13.